The van der Waals surface area contributed by atoms with Gasteiger partial charge in [-0.3, -0.25) is 4.79 Å². The van der Waals surface area contributed by atoms with Gasteiger partial charge in [-0.25, -0.2) is 13.2 Å². The van der Waals surface area contributed by atoms with Crippen LogP contribution in [0.1, 0.15) is 128 Å². The van der Waals surface area contributed by atoms with Gasteiger partial charge in [0.15, 0.2) is 11.6 Å². The standard InChI is InChI=1S/C34H42F3N5O3/c1-31(2,3)29-39-30(45-41-29)33-13-10-32(11-14-33,12-15-33)20-42(26(43)16-21-6-8-34(36,37)9-7-21)25-18-23(17-24(35)19-25)28-38-27(40-44-28)22-4-5-22/h17-19,21-22H,4-16,20H2,1-3H3. The van der Waals surface area contributed by atoms with Gasteiger partial charge in [-0.05, 0) is 93.7 Å². The second-order valence-electron chi connectivity index (χ2n) is 15.4. The van der Waals surface area contributed by atoms with Crippen LogP contribution in [0.15, 0.2) is 27.2 Å². The minimum atomic E-state index is -2.66. The Kier molecular flexibility index (Phi) is 7.39. The van der Waals surface area contributed by atoms with E-state index >= 15 is 4.39 Å². The molecule has 0 unspecified atom stereocenters. The number of anilines is 1. The first-order chi connectivity index (χ1) is 21.3. The van der Waals surface area contributed by atoms with Crippen LogP contribution in [0, 0.1) is 17.2 Å². The molecule has 1 aromatic carbocycles. The Labute approximate surface area is 261 Å². The van der Waals surface area contributed by atoms with Gasteiger partial charge < -0.3 is 13.9 Å². The van der Waals surface area contributed by atoms with E-state index in [1.807, 2.05) is 0 Å². The quantitative estimate of drug-likeness (QED) is 0.248. The van der Waals surface area contributed by atoms with E-state index in [9.17, 15) is 13.6 Å². The lowest BCUT2D eigenvalue weighted by Gasteiger charge is -2.53. The highest BCUT2D eigenvalue weighted by atomic mass is 19.3. The van der Waals surface area contributed by atoms with Crippen LogP contribution in [0.25, 0.3) is 11.5 Å². The van der Waals surface area contributed by atoms with Crippen molar-refractivity contribution in [2.75, 3.05) is 11.4 Å². The van der Waals surface area contributed by atoms with Gasteiger partial charge in [0.1, 0.15) is 5.82 Å². The number of rotatable bonds is 8. The summed E-state index contributed by atoms with van der Waals surface area (Å²) in [5.74, 6) is -0.890. The zero-order chi connectivity index (χ0) is 31.6. The first-order valence-electron chi connectivity index (χ1n) is 16.5. The van der Waals surface area contributed by atoms with Gasteiger partial charge in [-0.2, -0.15) is 9.97 Å². The number of hydrogen-bond donors (Lipinski definition) is 0. The summed E-state index contributed by atoms with van der Waals surface area (Å²) in [6.45, 7) is 6.64. The Bertz CT molecular complexity index is 1540. The zero-order valence-corrected chi connectivity index (χ0v) is 26.4. The topological polar surface area (TPSA) is 98.2 Å². The Hall–Kier alpha value is -3.24. The fraction of sp³-hybridized carbons (Fsp3) is 0.676. The largest absolute Gasteiger partial charge is 0.339 e. The van der Waals surface area contributed by atoms with Crippen molar-refractivity contribution in [3.05, 3.63) is 41.6 Å². The van der Waals surface area contributed by atoms with Crippen molar-refractivity contribution >= 4 is 11.6 Å². The van der Waals surface area contributed by atoms with E-state index in [0.717, 1.165) is 51.4 Å². The van der Waals surface area contributed by atoms with Gasteiger partial charge in [0.2, 0.25) is 17.7 Å². The molecule has 1 amide bonds. The summed E-state index contributed by atoms with van der Waals surface area (Å²) in [4.78, 5) is 25.1. The molecule has 45 heavy (non-hydrogen) atoms. The van der Waals surface area contributed by atoms with E-state index in [0.29, 0.717) is 48.2 Å². The molecule has 0 atom stereocenters. The SMILES string of the molecule is CC(C)(C)c1noc(C23CCC(CN(C(=O)CC4CCC(F)(F)CC4)c4cc(F)cc(-c5nc(C6CC6)no5)c4)(CC2)CC3)n1. The van der Waals surface area contributed by atoms with Crippen LogP contribution in [0.5, 0.6) is 0 Å². The van der Waals surface area contributed by atoms with Crippen molar-refractivity contribution in [1.82, 2.24) is 20.3 Å². The average Bonchev–Trinajstić information content (AvgIpc) is 3.49. The molecule has 0 aliphatic heterocycles. The monoisotopic (exact) mass is 625 g/mol. The molecule has 2 bridgehead atoms. The summed E-state index contributed by atoms with van der Waals surface area (Å²) in [5, 5.41) is 8.37. The maximum absolute atomic E-state index is 15.2. The van der Waals surface area contributed by atoms with Crippen LogP contribution < -0.4 is 4.90 Å². The number of aromatic nitrogens is 4. The molecule has 2 aromatic heterocycles. The van der Waals surface area contributed by atoms with Gasteiger partial charge in [-0.1, -0.05) is 31.1 Å². The number of alkyl halides is 2. The van der Waals surface area contributed by atoms with Gasteiger partial charge in [0.25, 0.3) is 5.89 Å². The summed E-state index contributed by atoms with van der Waals surface area (Å²) in [6, 6.07) is 4.48. The lowest BCUT2D eigenvalue weighted by Crippen LogP contribution is -2.51. The van der Waals surface area contributed by atoms with Crippen molar-refractivity contribution in [2.45, 2.75) is 127 Å². The van der Waals surface area contributed by atoms with E-state index in [1.54, 1.807) is 11.0 Å². The van der Waals surface area contributed by atoms with Gasteiger partial charge in [0.05, 0.1) is 0 Å². The third-order valence-corrected chi connectivity index (χ3v) is 10.9. The lowest BCUT2D eigenvalue weighted by molar-refractivity contribution is -0.121. The summed E-state index contributed by atoms with van der Waals surface area (Å²) in [6.07, 6.45) is 7.63. The number of nitrogens with zero attached hydrogens (tertiary/aromatic N) is 5. The molecule has 0 N–H and O–H groups in total. The molecule has 5 saturated carbocycles. The summed E-state index contributed by atoms with van der Waals surface area (Å²) in [7, 11) is 0. The smallest absolute Gasteiger partial charge is 0.258 e. The molecule has 3 aromatic rings. The van der Waals surface area contributed by atoms with Crippen molar-refractivity contribution in [1.29, 1.82) is 0 Å². The van der Waals surface area contributed by atoms with E-state index in [4.69, 9.17) is 14.0 Å². The van der Waals surface area contributed by atoms with Crippen molar-refractivity contribution in [3.63, 3.8) is 0 Å². The first kappa shape index (κ1) is 30.4. The van der Waals surface area contributed by atoms with Crippen molar-refractivity contribution in [2.24, 2.45) is 11.3 Å². The molecule has 8 rings (SSSR count). The van der Waals surface area contributed by atoms with Crippen LogP contribution in [0.3, 0.4) is 0 Å². The lowest BCUT2D eigenvalue weighted by atomic mass is 9.53. The molecule has 8 nitrogen and oxygen atoms in total. The second kappa shape index (κ2) is 10.9. The Morgan fingerprint density at radius 3 is 2.22 bits per heavy atom. The van der Waals surface area contributed by atoms with Crippen molar-refractivity contribution in [3.8, 4) is 11.5 Å². The molecule has 5 aliphatic rings. The molecular formula is C34H42F3N5O3. The van der Waals surface area contributed by atoms with Crippen LogP contribution >= 0.6 is 0 Å². The Morgan fingerprint density at radius 1 is 0.911 bits per heavy atom. The third kappa shape index (κ3) is 6.15. The van der Waals surface area contributed by atoms with Crippen LogP contribution in [-0.4, -0.2) is 38.7 Å². The fourth-order valence-electron chi connectivity index (χ4n) is 7.60. The molecule has 242 valence electrons. The number of halogens is 3. The second-order valence-corrected chi connectivity index (χ2v) is 15.4. The summed E-state index contributed by atoms with van der Waals surface area (Å²) >= 11 is 0. The minimum absolute atomic E-state index is 0.123. The molecular weight excluding hydrogens is 583 g/mol. The molecule has 0 radical (unpaired) electrons. The molecule has 2 heterocycles. The van der Waals surface area contributed by atoms with E-state index in [-0.39, 0.29) is 59.1 Å². The highest BCUT2D eigenvalue weighted by Gasteiger charge is 2.53. The van der Waals surface area contributed by atoms with E-state index in [1.165, 1.54) is 12.1 Å². The normalized spacial score (nSPS) is 26.7. The number of amides is 1. The molecule has 0 spiro atoms. The van der Waals surface area contributed by atoms with Crippen LogP contribution in [0.2, 0.25) is 0 Å². The molecule has 0 saturated heterocycles. The summed E-state index contributed by atoms with van der Waals surface area (Å²) < 4.78 is 54.3. The maximum Gasteiger partial charge on any atom is 0.258 e. The molecule has 11 heteroatoms. The van der Waals surface area contributed by atoms with E-state index < -0.39 is 11.7 Å². The first-order valence-corrected chi connectivity index (χ1v) is 16.5. The van der Waals surface area contributed by atoms with Crippen molar-refractivity contribution < 1.29 is 27.0 Å². The number of carbonyl (C=O) groups excluding carboxylic acids is 1. The Morgan fingerprint density at radius 2 is 1.60 bits per heavy atom. The number of benzene rings is 1. The maximum atomic E-state index is 15.2. The van der Waals surface area contributed by atoms with Gasteiger partial charge in [-0.15, -0.1) is 0 Å². The zero-order valence-electron chi connectivity index (χ0n) is 26.4. The van der Waals surface area contributed by atoms with E-state index in [2.05, 4.69) is 36.1 Å². The third-order valence-electron chi connectivity index (χ3n) is 10.9. The minimum Gasteiger partial charge on any atom is -0.339 e. The molecule has 5 aliphatic carbocycles. The fourth-order valence-corrected chi connectivity index (χ4v) is 7.60. The predicted octanol–water partition coefficient (Wildman–Crippen LogP) is 8.27. The average molecular weight is 626 g/mol. The molecule has 5 fully saturated rings. The van der Waals surface area contributed by atoms with Crippen LogP contribution in [0.4, 0.5) is 18.9 Å². The number of fused-ring (bicyclic) bond motifs is 3. The van der Waals surface area contributed by atoms with Gasteiger partial charge in [0, 0.05) is 53.8 Å². The number of hydrogen-bond acceptors (Lipinski definition) is 7. The Balaban J connectivity index is 1.14. The highest BCUT2D eigenvalue weighted by molar-refractivity contribution is 5.94. The van der Waals surface area contributed by atoms with Gasteiger partial charge >= 0.3 is 0 Å². The summed E-state index contributed by atoms with van der Waals surface area (Å²) in [5.41, 5.74) is 0.342. The van der Waals surface area contributed by atoms with Crippen LogP contribution in [-0.2, 0) is 15.6 Å². The highest BCUT2D eigenvalue weighted by Crippen LogP contribution is 2.58. The number of carbonyl (C=O) groups is 1. The predicted molar refractivity (Wildman–Crippen MR) is 160 cm³/mol.